The minimum absolute atomic E-state index is 0.405. The van der Waals surface area contributed by atoms with E-state index in [1.54, 1.807) is 23.4 Å². The molecule has 1 aliphatic carbocycles. The molecule has 0 radical (unpaired) electrons. The summed E-state index contributed by atoms with van der Waals surface area (Å²) < 4.78 is 13.4. The molecule has 1 fully saturated rings. The highest BCUT2D eigenvalue weighted by Gasteiger charge is 2.31. The molecule has 3 heterocycles. The molecule has 0 unspecified atom stereocenters. The molecule has 8 nitrogen and oxygen atoms in total. The first kappa shape index (κ1) is 19.9. The lowest BCUT2D eigenvalue weighted by Gasteiger charge is -2.15. The van der Waals surface area contributed by atoms with Gasteiger partial charge in [0.25, 0.3) is 0 Å². The highest BCUT2D eigenvalue weighted by atomic mass is 28.3. The fraction of sp³-hybridized carbons (Fsp3) is 0.550. The Morgan fingerprint density at radius 2 is 1.97 bits per heavy atom. The van der Waals surface area contributed by atoms with Crippen LogP contribution in [-0.2, 0) is 11.5 Å². The van der Waals surface area contributed by atoms with Crippen LogP contribution in [0.15, 0.2) is 18.7 Å². The van der Waals surface area contributed by atoms with Gasteiger partial charge in [-0.25, -0.2) is 24.6 Å². The first-order valence-electron chi connectivity index (χ1n) is 10.2. The standard InChI is InChI=1S/C20H28N6O2Si/c1-5-28-20-17(18(14-6-7-14)22-12-23-20)19-21-11-16-15(25-19)10-24-26(16)13-27-8-9-29(2,3)4/h10-12,14H,5-9,13H2,1-4H3. The average molecular weight is 413 g/mol. The van der Waals surface area contributed by atoms with E-state index >= 15 is 0 Å². The molecule has 0 N–H and O–H groups in total. The van der Waals surface area contributed by atoms with Crippen molar-refractivity contribution in [2.45, 2.75) is 58.1 Å². The Morgan fingerprint density at radius 3 is 2.69 bits per heavy atom. The van der Waals surface area contributed by atoms with Crippen molar-refractivity contribution in [3.63, 3.8) is 0 Å². The molecule has 1 aliphatic rings. The lowest BCUT2D eigenvalue weighted by atomic mass is 10.1. The molecule has 0 aromatic carbocycles. The normalized spacial score (nSPS) is 14.5. The number of hydrogen-bond acceptors (Lipinski definition) is 7. The summed E-state index contributed by atoms with van der Waals surface area (Å²) in [5.74, 6) is 1.57. The van der Waals surface area contributed by atoms with Gasteiger partial charge in [-0.3, -0.25) is 0 Å². The molecular formula is C20H28N6O2Si. The fourth-order valence-electron chi connectivity index (χ4n) is 3.13. The highest BCUT2D eigenvalue weighted by molar-refractivity contribution is 6.76. The second-order valence-corrected chi connectivity index (χ2v) is 14.2. The first-order chi connectivity index (χ1) is 14.0. The molecule has 9 heteroatoms. The van der Waals surface area contributed by atoms with Crippen molar-refractivity contribution >= 4 is 19.1 Å². The van der Waals surface area contributed by atoms with Gasteiger partial charge in [0.15, 0.2) is 5.82 Å². The molecule has 0 atom stereocenters. The van der Waals surface area contributed by atoms with E-state index in [1.807, 2.05) is 6.92 Å². The van der Waals surface area contributed by atoms with Gasteiger partial charge in [0.2, 0.25) is 5.88 Å². The van der Waals surface area contributed by atoms with Crippen LogP contribution >= 0.6 is 0 Å². The number of rotatable bonds is 9. The quantitative estimate of drug-likeness (QED) is 0.389. The maximum atomic E-state index is 5.83. The lowest BCUT2D eigenvalue weighted by molar-refractivity contribution is 0.0816. The van der Waals surface area contributed by atoms with Gasteiger partial charge >= 0.3 is 0 Å². The van der Waals surface area contributed by atoms with Gasteiger partial charge in [0.05, 0.1) is 24.7 Å². The predicted octanol–water partition coefficient (Wildman–Crippen LogP) is 3.87. The summed E-state index contributed by atoms with van der Waals surface area (Å²) in [6, 6.07) is 1.13. The van der Waals surface area contributed by atoms with Crippen LogP contribution in [-0.4, -0.2) is 51.0 Å². The summed E-state index contributed by atoms with van der Waals surface area (Å²) >= 11 is 0. The van der Waals surface area contributed by atoms with E-state index in [1.165, 1.54) is 0 Å². The van der Waals surface area contributed by atoms with Crippen LogP contribution in [0.1, 0.15) is 31.4 Å². The third-order valence-corrected chi connectivity index (χ3v) is 6.62. The molecule has 0 amide bonds. The lowest BCUT2D eigenvalue weighted by Crippen LogP contribution is -2.22. The SMILES string of the molecule is CCOc1ncnc(C2CC2)c1-c1ncc2c(cnn2COCC[Si](C)(C)C)n1. The van der Waals surface area contributed by atoms with E-state index in [2.05, 4.69) is 39.7 Å². The van der Waals surface area contributed by atoms with Gasteiger partial charge in [-0.1, -0.05) is 19.6 Å². The largest absolute Gasteiger partial charge is 0.477 e. The van der Waals surface area contributed by atoms with E-state index in [9.17, 15) is 0 Å². The van der Waals surface area contributed by atoms with E-state index < -0.39 is 8.07 Å². The molecule has 4 rings (SSSR count). The van der Waals surface area contributed by atoms with E-state index in [-0.39, 0.29) is 0 Å². The van der Waals surface area contributed by atoms with Gasteiger partial charge in [0.1, 0.15) is 29.7 Å². The van der Waals surface area contributed by atoms with Crippen LogP contribution in [0.2, 0.25) is 25.7 Å². The Balaban J connectivity index is 1.59. The van der Waals surface area contributed by atoms with Crippen LogP contribution in [0.5, 0.6) is 5.88 Å². The third kappa shape index (κ3) is 4.62. The predicted molar refractivity (Wildman–Crippen MR) is 114 cm³/mol. The van der Waals surface area contributed by atoms with Crippen molar-refractivity contribution in [2.24, 2.45) is 0 Å². The molecular weight excluding hydrogens is 384 g/mol. The van der Waals surface area contributed by atoms with Crippen LogP contribution in [0.25, 0.3) is 22.4 Å². The van der Waals surface area contributed by atoms with E-state index in [4.69, 9.17) is 14.5 Å². The Labute approximate surface area is 171 Å². The number of aromatic nitrogens is 6. The summed E-state index contributed by atoms with van der Waals surface area (Å²) in [4.78, 5) is 18.2. The van der Waals surface area contributed by atoms with Crippen molar-refractivity contribution in [1.29, 1.82) is 0 Å². The topological polar surface area (TPSA) is 87.8 Å². The molecule has 0 saturated heterocycles. The summed E-state index contributed by atoms with van der Waals surface area (Å²) in [6.45, 7) is 10.7. The van der Waals surface area contributed by atoms with Crippen LogP contribution < -0.4 is 4.74 Å². The van der Waals surface area contributed by atoms with Gasteiger partial charge in [-0.2, -0.15) is 5.10 Å². The summed E-state index contributed by atoms with van der Waals surface area (Å²) in [6.07, 6.45) is 7.38. The molecule has 0 aliphatic heterocycles. The first-order valence-corrected chi connectivity index (χ1v) is 13.9. The maximum Gasteiger partial charge on any atom is 0.228 e. The molecule has 0 bridgehead atoms. The zero-order chi connectivity index (χ0) is 20.4. The van der Waals surface area contributed by atoms with Crippen molar-refractivity contribution in [3.05, 3.63) is 24.4 Å². The van der Waals surface area contributed by atoms with E-state index in [0.29, 0.717) is 31.0 Å². The van der Waals surface area contributed by atoms with Crippen LogP contribution in [0.4, 0.5) is 0 Å². The monoisotopic (exact) mass is 412 g/mol. The Kier molecular flexibility index (Phi) is 5.60. The zero-order valence-electron chi connectivity index (χ0n) is 17.6. The second-order valence-electron chi connectivity index (χ2n) is 8.60. The van der Waals surface area contributed by atoms with Gasteiger partial charge in [-0.05, 0) is 25.8 Å². The molecule has 3 aromatic rings. The Bertz CT molecular complexity index is 996. The van der Waals surface area contributed by atoms with E-state index in [0.717, 1.165) is 47.8 Å². The van der Waals surface area contributed by atoms with Gasteiger partial charge in [-0.15, -0.1) is 0 Å². The van der Waals surface area contributed by atoms with Gasteiger partial charge in [0, 0.05) is 20.6 Å². The van der Waals surface area contributed by atoms with Crippen molar-refractivity contribution < 1.29 is 9.47 Å². The maximum absolute atomic E-state index is 5.83. The summed E-state index contributed by atoms with van der Waals surface area (Å²) in [7, 11) is -1.10. The molecule has 1 saturated carbocycles. The number of fused-ring (bicyclic) bond motifs is 1. The van der Waals surface area contributed by atoms with Crippen molar-refractivity contribution in [3.8, 4) is 17.3 Å². The Hall–Kier alpha value is -2.39. The number of nitrogens with zero attached hydrogens (tertiary/aromatic N) is 6. The summed E-state index contributed by atoms with van der Waals surface area (Å²) in [5, 5.41) is 4.43. The number of hydrogen-bond donors (Lipinski definition) is 0. The Morgan fingerprint density at radius 1 is 1.14 bits per heavy atom. The molecule has 3 aromatic heterocycles. The van der Waals surface area contributed by atoms with Crippen molar-refractivity contribution in [1.82, 2.24) is 29.7 Å². The highest BCUT2D eigenvalue weighted by Crippen LogP contribution is 2.44. The third-order valence-electron chi connectivity index (χ3n) is 4.92. The van der Waals surface area contributed by atoms with Crippen molar-refractivity contribution in [2.75, 3.05) is 13.2 Å². The number of ether oxygens (including phenoxy) is 2. The average Bonchev–Trinajstić information content (AvgIpc) is 3.45. The van der Waals surface area contributed by atoms with Gasteiger partial charge < -0.3 is 9.47 Å². The van der Waals surface area contributed by atoms with Crippen LogP contribution in [0, 0.1) is 0 Å². The summed E-state index contributed by atoms with van der Waals surface area (Å²) in [5.41, 5.74) is 3.41. The second kappa shape index (κ2) is 8.15. The molecule has 154 valence electrons. The minimum Gasteiger partial charge on any atom is -0.477 e. The fourth-order valence-corrected chi connectivity index (χ4v) is 3.88. The van der Waals surface area contributed by atoms with Crippen LogP contribution in [0.3, 0.4) is 0 Å². The zero-order valence-corrected chi connectivity index (χ0v) is 18.6. The smallest absolute Gasteiger partial charge is 0.228 e. The molecule has 0 spiro atoms. The molecule has 29 heavy (non-hydrogen) atoms. The minimum atomic E-state index is -1.10.